The molecule has 0 spiro atoms. The van der Waals surface area contributed by atoms with Crippen LogP contribution in [0.5, 0.6) is 0 Å². The minimum absolute atomic E-state index is 1.14. The average molecular weight is 185 g/mol. The highest BCUT2D eigenvalue weighted by atomic mass is 15.0. The maximum absolute atomic E-state index is 2.48. The Morgan fingerprint density at radius 1 is 1.29 bits per heavy atom. The lowest BCUT2D eigenvalue weighted by Crippen LogP contribution is -1.91. The fraction of sp³-hybridized carbons (Fsp3) is 0.385. The number of rotatable bonds is 1. The highest BCUT2D eigenvalue weighted by Crippen LogP contribution is 2.26. The summed E-state index contributed by atoms with van der Waals surface area (Å²) >= 11 is 0. The third-order valence-corrected chi connectivity index (χ3v) is 3.28. The van der Waals surface area contributed by atoms with E-state index in [2.05, 4.69) is 35.8 Å². The van der Waals surface area contributed by atoms with Crippen molar-refractivity contribution in [3.63, 3.8) is 0 Å². The topological polar surface area (TPSA) is 4.93 Å². The Kier molecular flexibility index (Phi) is 1.66. The van der Waals surface area contributed by atoms with Gasteiger partial charge in [0.25, 0.3) is 0 Å². The molecule has 2 heterocycles. The summed E-state index contributed by atoms with van der Waals surface area (Å²) in [5.41, 5.74) is 4.41. The van der Waals surface area contributed by atoms with Gasteiger partial charge < -0.3 is 4.57 Å². The van der Waals surface area contributed by atoms with Crippen LogP contribution in [-0.2, 0) is 19.4 Å². The second-order valence-electron chi connectivity index (χ2n) is 4.14. The molecule has 0 bridgehead atoms. The molecule has 1 aromatic heterocycles. The van der Waals surface area contributed by atoms with Crippen LogP contribution in [0, 0.1) is 0 Å². The quantitative estimate of drug-likeness (QED) is 0.643. The first kappa shape index (κ1) is 8.10. The lowest BCUT2D eigenvalue weighted by atomic mass is 10.1. The summed E-state index contributed by atoms with van der Waals surface area (Å²) in [5, 5.41) is 1.41. The molecule has 14 heavy (non-hydrogen) atoms. The van der Waals surface area contributed by atoms with Crippen LogP contribution in [0.4, 0.5) is 0 Å². The molecule has 0 fully saturated rings. The Morgan fingerprint density at radius 3 is 3.07 bits per heavy atom. The third kappa shape index (κ3) is 1.02. The first-order valence-corrected chi connectivity index (χ1v) is 5.49. The number of hydrogen-bond acceptors (Lipinski definition) is 0. The molecule has 2 aromatic rings. The predicted octanol–water partition coefficient (Wildman–Crippen LogP) is 3.15. The van der Waals surface area contributed by atoms with E-state index < -0.39 is 0 Å². The fourth-order valence-corrected chi connectivity index (χ4v) is 2.47. The summed E-state index contributed by atoms with van der Waals surface area (Å²) in [7, 11) is 0. The average Bonchev–Trinajstić information content (AvgIpc) is 2.76. The van der Waals surface area contributed by atoms with Crippen LogP contribution in [0.3, 0.4) is 0 Å². The van der Waals surface area contributed by atoms with Gasteiger partial charge in [-0.05, 0) is 42.3 Å². The van der Waals surface area contributed by atoms with Crippen LogP contribution in [0.1, 0.15) is 24.6 Å². The standard InChI is InChI=1S/C13H15N/c1-2-10-5-6-11-9-12-4-3-7-14(12)13(11)8-10/h5-6,8-9H,2-4,7H2,1H3. The lowest BCUT2D eigenvalue weighted by Gasteiger charge is -2.02. The van der Waals surface area contributed by atoms with Crippen molar-refractivity contribution in [3.8, 4) is 0 Å². The van der Waals surface area contributed by atoms with Crippen molar-refractivity contribution in [3.05, 3.63) is 35.5 Å². The van der Waals surface area contributed by atoms with Gasteiger partial charge in [0, 0.05) is 17.8 Å². The van der Waals surface area contributed by atoms with Crippen LogP contribution in [0.15, 0.2) is 24.3 Å². The minimum Gasteiger partial charge on any atom is -0.345 e. The van der Waals surface area contributed by atoms with E-state index in [1.165, 1.54) is 41.5 Å². The van der Waals surface area contributed by atoms with Crippen molar-refractivity contribution in [2.24, 2.45) is 0 Å². The molecular weight excluding hydrogens is 170 g/mol. The minimum atomic E-state index is 1.14. The fourth-order valence-electron chi connectivity index (χ4n) is 2.47. The van der Waals surface area contributed by atoms with Crippen molar-refractivity contribution in [1.29, 1.82) is 0 Å². The highest BCUT2D eigenvalue weighted by Gasteiger charge is 2.13. The van der Waals surface area contributed by atoms with Crippen LogP contribution in [0.25, 0.3) is 10.9 Å². The maximum Gasteiger partial charge on any atom is 0.0485 e. The van der Waals surface area contributed by atoms with Gasteiger partial charge in [0.1, 0.15) is 0 Å². The van der Waals surface area contributed by atoms with Gasteiger partial charge in [0.05, 0.1) is 0 Å². The summed E-state index contributed by atoms with van der Waals surface area (Å²) in [4.78, 5) is 0. The molecule has 0 atom stereocenters. The van der Waals surface area contributed by atoms with E-state index in [1.54, 1.807) is 0 Å². The Labute approximate surface area is 84.4 Å². The van der Waals surface area contributed by atoms with Crippen LogP contribution >= 0.6 is 0 Å². The molecule has 0 saturated carbocycles. The van der Waals surface area contributed by atoms with Crippen LogP contribution in [-0.4, -0.2) is 4.57 Å². The van der Waals surface area contributed by atoms with E-state index in [9.17, 15) is 0 Å². The molecule has 0 saturated heterocycles. The number of benzene rings is 1. The van der Waals surface area contributed by atoms with E-state index in [0.717, 1.165) is 6.42 Å². The molecule has 1 aliphatic rings. The zero-order valence-corrected chi connectivity index (χ0v) is 8.59. The Morgan fingerprint density at radius 2 is 2.21 bits per heavy atom. The SMILES string of the molecule is CCc1ccc2cc3n(c2c1)CCC3. The molecule has 1 aromatic carbocycles. The summed E-state index contributed by atoms with van der Waals surface area (Å²) in [6.07, 6.45) is 3.72. The predicted molar refractivity (Wildman–Crippen MR) is 59.6 cm³/mol. The number of aryl methyl sites for hydroxylation is 3. The molecule has 3 rings (SSSR count). The number of nitrogens with zero attached hydrogens (tertiary/aromatic N) is 1. The highest BCUT2D eigenvalue weighted by molar-refractivity contribution is 5.82. The molecule has 0 radical (unpaired) electrons. The molecule has 1 nitrogen and oxygen atoms in total. The summed E-state index contributed by atoms with van der Waals surface area (Å²) in [6, 6.07) is 9.21. The monoisotopic (exact) mass is 185 g/mol. The zero-order chi connectivity index (χ0) is 9.54. The normalized spacial score (nSPS) is 14.9. The van der Waals surface area contributed by atoms with E-state index in [0.29, 0.717) is 0 Å². The van der Waals surface area contributed by atoms with Gasteiger partial charge in [0.2, 0.25) is 0 Å². The van der Waals surface area contributed by atoms with Crippen molar-refractivity contribution < 1.29 is 0 Å². The van der Waals surface area contributed by atoms with Crippen LogP contribution in [0.2, 0.25) is 0 Å². The molecule has 0 unspecified atom stereocenters. The first-order chi connectivity index (χ1) is 6.88. The van der Waals surface area contributed by atoms with Crippen molar-refractivity contribution in [2.45, 2.75) is 32.7 Å². The Hall–Kier alpha value is -1.24. The van der Waals surface area contributed by atoms with E-state index in [4.69, 9.17) is 0 Å². The Bertz CT molecular complexity index is 479. The maximum atomic E-state index is 2.48. The van der Waals surface area contributed by atoms with Gasteiger partial charge in [-0.1, -0.05) is 19.1 Å². The second-order valence-corrected chi connectivity index (χ2v) is 4.14. The van der Waals surface area contributed by atoms with Gasteiger partial charge in [-0.3, -0.25) is 0 Å². The molecule has 1 aliphatic heterocycles. The number of hydrogen-bond donors (Lipinski definition) is 0. The van der Waals surface area contributed by atoms with Crippen LogP contribution < -0.4 is 0 Å². The zero-order valence-electron chi connectivity index (χ0n) is 8.59. The smallest absolute Gasteiger partial charge is 0.0485 e. The first-order valence-electron chi connectivity index (χ1n) is 5.49. The molecular formula is C13H15N. The number of aromatic nitrogens is 1. The summed E-state index contributed by atoms with van der Waals surface area (Å²) < 4.78 is 2.48. The largest absolute Gasteiger partial charge is 0.345 e. The van der Waals surface area contributed by atoms with Crippen molar-refractivity contribution in [1.82, 2.24) is 4.57 Å². The van der Waals surface area contributed by atoms with E-state index in [1.807, 2.05) is 0 Å². The molecule has 0 N–H and O–H groups in total. The van der Waals surface area contributed by atoms with Gasteiger partial charge in [-0.2, -0.15) is 0 Å². The summed E-state index contributed by atoms with van der Waals surface area (Å²) in [6.45, 7) is 3.43. The van der Waals surface area contributed by atoms with E-state index >= 15 is 0 Å². The van der Waals surface area contributed by atoms with E-state index in [-0.39, 0.29) is 0 Å². The molecule has 72 valence electrons. The molecule has 0 aliphatic carbocycles. The Balaban J connectivity index is 2.29. The lowest BCUT2D eigenvalue weighted by molar-refractivity contribution is 0.772. The summed E-state index contributed by atoms with van der Waals surface area (Å²) in [5.74, 6) is 0. The molecule has 0 amide bonds. The van der Waals surface area contributed by atoms with Gasteiger partial charge in [-0.15, -0.1) is 0 Å². The van der Waals surface area contributed by atoms with Gasteiger partial charge >= 0.3 is 0 Å². The second kappa shape index (κ2) is 2.88. The van der Waals surface area contributed by atoms with Gasteiger partial charge in [0.15, 0.2) is 0 Å². The third-order valence-electron chi connectivity index (χ3n) is 3.28. The van der Waals surface area contributed by atoms with Crippen molar-refractivity contribution in [2.75, 3.05) is 0 Å². The molecule has 1 heteroatoms. The van der Waals surface area contributed by atoms with Gasteiger partial charge in [-0.25, -0.2) is 0 Å². The number of fused-ring (bicyclic) bond motifs is 3. The van der Waals surface area contributed by atoms with Crippen molar-refractivity contribution >= 4 is 10.9 Å².